The van der Waals surface area contributed by atoms with Gasteiger partial charge in [-0.25, -0.2) is 5.43 Å². The molecule has 0 spiro atoms. The van der Waals surface area contributed by atoms with Crippen molar-refractivity contribution in [3.63, 3.8) is 0 Å². The summed E-state index contributed by atoms with van der Waals surface area (Å²) in [5.41, 5.74) is 5.97. The van der Waals surface area contributed by atoms with Crippen molar-refractivity contribution in [1.82, 2.24) is 5.43 Å². The third-order valence-electron chi connectivity index (χ3n) is 5.41. The summed E-state index contributed by atoms with van der Waals surface area (Å²) in [6.07, 6.45) is 0. The number of rotatable bonds is 9. The van der Waals surface area contributed by atoms with Gasteiger partial charge in [-0.1, -0.05) is 24.3 Å². The minimum atomic E-state index is -0.933. The topological polar surface area (TPSA) is 107 Å². The summed E-state index contributed by atoms with van der Waals surface area (Å²) in [6.45, 7) is 4.13. The molecule has 0 unspecified atom stereocenters. The SMILES string of the molecule is COc1ccc(NC(=O)C(=O)N/N=C(\C)c2ccc(OCc3ccccc3C)c(OC)c2)c(OC)c1. The second kappa shape index (κ2) is 12.3. The normalized spacial score (nSPS) is 10.9. The standard InChI is InChI=1S/C27H29N3O6/c1-17-8-6-7-9-20(17)16-36-23-13-10-19(14-25(23)35-5)18(2)29-30-27(32)26(31)28-22-12-11-21(33-3)15-24(22)34-4/h6-15H,16H2,1-5H3,(H,28,31)(H,30,32)/b29-18+. The fourth-order valence-electron chi connectivity index (χ4n) is 3.27. The van der Waals surface area contributed by atoms with E-state index in [1.807, 2.05) is 31.2 Å². The summed E-state index contributed by atoms with van der Waals surface area (Å²) in [5, 5.41) is 6.54. The number of hydrogen-bond acceptors (Lipinski definition) is 7. The van der Waals surface area contributed by atoms with Crippen LogP contribution in [0.3, 0.4) is 0 Å². The fourth-order valence-corrected chi connectivity index (χ4v) is 3.27. The van der Waals surface area contributed by atoms with Crippen LogP contribution in [0.1, 0.15) is 23.6 Å². The molecule has 3 aromatic carbocycles. The van der Waals surface area contributed by atoms with E-state index in [2.05, 4.69) is 15.8 Å². The quantitative estimate of drug-likeness (QED) is 0.265. The van der Waals surface area contributed by atoms with Gasteiger partial charge in [-0.3, -0.25) is 9.59 Å². The number of aryl methyl sites for hydroxylation is 1. The van der Waals surface area contributed by atoms with Gasteiger partial charge < -0.3 is 24.3 Å². The van der Waals surface area contributed by atoms with Crippen LogP contribution < -0.4 is 29.7 Å². The maximum absolute atomic E-state index is 12.3. The molecule has 0 saturated carbocycles. The molecule has 2 amide bonds. The molecule has 2 N–H and O–H groups in total. The molecule has 36 heavy (non-hydrogen) atoms. The number of anilines is 1. The minimum Gasteiger partial charge on any atom is -0.497 e. The lowest BCUT2D eigenvalue weighted by molar-refractivity contribution is -0.136. The number of amides is 2. The van der Waals surface area contributed by atoms with Crippen molar-refractivity contribution >= 4 is 23.2 Å². The molecule has 0 aliphatic carbocycles. The van der Waals surface area contributed by atoms with E-state index < -0.39 is 11.8 Å². The summed E-state index contributed by atoms with van der Waals surface area (Å²) >= 11 is 0. The Morgan fingerprint density at radius 3 is 2.28 bits per heavy atom. The number of carbonyl (C=O) groups is 2. The van der Waals surface area contributed by atoms with Crippen LogP contribution in [-0.2, 0) is 16.2 Å². The monoisotopic (exact) mass is 491 g/mol. The van der Waals surface area contributed by atoms with Gasteiger partial charge in [0.2, 0.25) is 0 Å². The van der Waals surface area contributed by atoms with Crippen molar-refractivity contribution in [2.24, 2.45) is 5.10 Å². The maximum atomic E-state index is 12.3. The number of nitrogens with one attached hydrogen (secondary N) is 2. The fraction of sp³-hybridized carbons (Fsp3) is 0.222. The lowest BCUT2D eigenvalue weighted by atomic mass is 10.1. The highest BCUT2D eigenvalue weighted by Gasteiger charge is 2.16. The molecule has 0 aromatic heterocycles. The third kappa shape index (κ3) is 6.53. The average molecular weight is 492 g/mol. The third-order valence-corrected chi connectivity index (χ3v) is 5.41. The number of hydrazone groups is 1. The molecule has 188 valence electrons. The molecule has 9 nitrogen and oxygen atoms in total. The molecule has 3 aromatic rings. The molecule has 0 fully saturated rings. The molecule has 3 rings (SSSR count). The van der Waals surface area contributed by atoms with Crippen LogP contribution in [0.25, 0.3) is 0 Å². The largest absolute Gasteiger partial charge is 0.497 e. The van der Waals surface area contributed by atoms with Gasteiger partial charge in [0.05, 0.1) is 32.7 Å². The van der Waals surface area contributed by atoms with Crippen molar-refractivity contribution in [3.8, 4) is 23.0 Å². The van der Waals surface area contributed by atoms with E-state index in [0.29, 0.717) is 46.6 Å². The number of nitrogens with zero attached hydrogens (tertiary/aromatic N) is 1. The van der Waals surface area contributed by atoms with Gasteiger partial charge in [0.15, 0.2) is 11.5 Å². The first-order valence-corrected chi connectivity index (χ1v) is 11.1. The molecule has 0 atom stereocenters. The Balaban J connectivity index is 1.64. The van der Waals surface area contributed by atoms with Crippen molar-refractivity contribution in [3.05, 3.63) is 77.4 Å². The van der Waals surface area contributed by atoms with Crippen molar-refractivity contribution in [1.29, 1.82) is 0 Å². The van der Waals surface area contributed by atoms with Crippen molar-refractivity contribution in [2.75, 3.05) is 26.6 Å². The van der Waals surface area contributed by atoms with Gasteiger partial charge in [0.25, 0.3) is 0 Å². The number of ether oxygens (including phenoxy) is 4. The zero-order valence-corrected chi connectivity index (χ0v) is 20.9. The van der Waals surface area contributed by atoms with E-state index in [1.54, 1.807) is 50.4 Å². The van der Waals surface area contributed by atoms with Crippen LogP contribution >= 0.6 is 0 Å². The zero-order valence-electron chi connectivity index (χ0n) is 20.9. The molecule has 9 heteroatoms. The Kier molecular flexibility index (Phi) is 8.88. The van der Waals surface area contributed by atoms with Crippen LogP contribution in [0.2, 0.25) is 0 Å². The second-order valence-corrected chi connectivity index (χ2v) is 7.74. The van der Waals surface area contributed by atoms with Crippen molar-refractivity contribution in [2.45, 2.75) is 20.5 Å². The zero-order chi connectivity index (χ0) is 26.1. The number of carbonyl (C=O) groups excluding carboxylic acids is 2. The van der Waals surface area contributed by atoms with Gasteiger partial charge >= 0.3 is 11.8 Å². The second-order valence-electron chi connectivity index (χ2n) is 7.74. The Hall–Kier alpha value is -4.53. The number of hydrogen-bond donors (Lipinski definition) is 2. The maximum Gasteiger partial charge on any atom is 0.329 e. The molecule has 0 aliphatic rings. The number of benzene rings is 3. The molecule has 0 bridgehead atoms. The Labute approximate surface area is 210 Å². The summed E-state index contributed by atoms with van der Waals surface area (Å²) in [5.74, 6) is 0.175. The molecule has 0 aliphatic heterocycles. The van der Waals surface area contributed by atoms with Gasteiger partial charge in [-0.2, -0.15) is 5.10 Å². The molecular formula is C27H29N3O6. The van der Waals surface area contributed by atoms with Gasteiger partial charge in [0, 0.05) is 11.6 Å². The molecule has 0 radical (unpaired) electrons. The lowest BCUT2D eigenvalue weighted by Gasteiger charge is -2.13. The Morgan fingerprint density at radius 1 is 0.833 bits per heavy atom. The first-order valence-electron chi connectivity index (χ1n) is 11.1. The van der Waals surface area contributed by atoms with Crippen LogP contribution in [-0.4, -0.2) is 38.9 Å². The summed E-state index contributed by atoms with van der Waals surface area (Å²) in [7, 11) is 4.51. The average Bonchev–Trinajstić information content (AvgIpc) is 2.91. The predicted molar refractivity (Wildman–Crippen MR) is 137 cm³/mol. The first-order chi connectivity index (χ1) is 17.4. The van der Waals surface area contributed by atoms with Crippen LogP contribution in [0.15, 0.2) is 65.8 Å². The Bertz CT molecular complexity index is 1270. The smallest absolute Gasteiger partial charge is 0.329 e. The number of methoxy groups -OCH3 is 3. The molecule has 0 saturated heterocycles. The molecular weight excluding hydrogens is 462 g/mol. The Morgan fingerprint density at radius 2 is 1.58 bits per heavy atom. The van der Waals surface area contributed by atoms with E-state index in [-0.39, 0.29) is 0 Å². The predicted octanol–water partition coefficient (Wildman–Crippen LogP) is 4.08. The van der Waals surface area contributed by atoms with E-state index in [4.69, 9.17) is 18.9 Å². The summed E-state index contributed by atoms with van der Waals surface area (Å²) in [6, 6.07) is 18.1. The highest BCUT2D eigenvalue weighted by Crippen LogP contribution is 2.30. The van der Waals surface area contributed by atoms with Crippen LogP contribution in [0.5, 0.6) is 23.0 Å². The highest BCUT2D eigenvalue weighted by molar-refractivity contribution is 6.39. The first kappa shape index (κ1) is 26.1. The van der Waals surface area contributed by atoms with E-state index in [1.165, 1.54) is 14.2 Å². The van der Waals surface area contributed by atoms with Crippen LogP contribution in [0, 0.1) is 6.92 Å². The highest BCUT2D eigenvalue weighted by atomic mass is 16.5. The van der Waals surface area contributed by atoms with Crippen LogP contribution in [0.4, 0.5) is 5.69 Å². The van der Waals surface area contributed by atoms with Gasteiger partial charge in [-0.15, -0.1) is 0 Å². The van der Waals surface area contributed by atoms with E-state index >= 15 is 0 Å². The summed E-state index contributed by atoms with van der Waals surface area (Å²) in [4.78, 5) is 24.6. The lowest BCUT2D eigenvalue weighted by Crippen LogP contribution is -2.33. The van der Waals surface area contributed by atoms with Crippen molar-refractivity contribution < 1.29 is 28.5 Å². The van der Waals surface area contributed by atoms with E-state index in [0.717, 1.165) is 11.1 Å². The summed E-state index contributed by atoms with van der Waals surface area (Å²) < 4.78 is 21.8. The van der Waals surface area contributed by atoms with Gasteiger partial charge in [0.1, 0.15) is 18.1 Å². The van der Waals surface area contributed by atoms with E-state index in [9.17, 15) is 9.59 Å². The van der Waals surface area contributed by atoms with Gasteiger partial charge in [-0.05, 0) is 55.3 Å². The molecule has 0 heterocycles. The minimum absolute atomic E-state index is 0.324.